The van der Waals surface area contributed by atoms with Crippen LogP contribution >= 0.6 is 0 Å². The number of hydrogen-bond acceptors (Lipinski definition) is 4. The fourth-order valence-electron chi connectivity index (χ4n) is 1.33. The molecule has 1 aromatic rings. The summed E-state index contributed by atoms with van der Waals surface area (Å²) >= 11 is 0. The number of rotatable bonds is 3. The molecule has 0 atom stereocenters. The zero-order valence-corrected chi connectivity index (χ0v) is 6.99. The van der Waals surface area contributed by atoms with Gasteiger partial charge in [0, 0.05) is 18.9 Å². The fraction of sp³-hybridized carbons (Fsp3) is 0.750. The van der Waals surface area contributed by atoms with Gasteiger partial charge in [-0.15, -0.1) is 0 Å². The molecule has 0 aromatic carbocycles. The van der Waals surface area contributed by atoms with Crippen LogP contribution in [0, 0.1) is 0 Å². The SMILES string of the molecule is NCCc1nc(C2CCC2)no1. The Balaban J connectivity index is 2.02. The maximum atomic E-state index is 5.36. The van der Waals surface area contributed by atoms with E-state index in [1.165, 1.54) is 19.3 Å². The number of nitrogens with zero attached hydrogens (tertiary/aromatic N) is 2. The smallest absolute Gasteiger partial charge is 0.227 e. The van der Waals surface area contributed by atoms with Crippen LogP contribution in [0.5, 0.6) is 0 Å². The number of nitrogens with two attached hydrogens (primary N) is 1. The Kier molecular flexibility index (Phi) is 2.08. The zero-order chi connectivity index (χ0) is 8.39. The summed E-state index contributed by atoms with van der Waals surface area (Å²) in [5, 5.41) is 3.92. The van der Waals surface area contributed by atoms with Crippen molar-refractivity contribution in [1.29, 1.82) is 0 Å². The molecule has 1 fully saturated rings. The lowest BCUT2D eigenvalue weighted by Crippen LogP contribution is -2.10. The summed E-state index contributed by atoms with van der Waals surface area (Å²) in [7, 11) is 0. The summed E-state index contributed by atoms with van der Waals surface area (Å²) in [4.78, 5) is 4.26. The highest BCUT2D eigenvalue weighted by Crippen LogP contribution is 2.34. The Hall–Kier alpha value is -0.900. The third kappa shape index (κ3) is 1.34. The largest absolute Gasteiger partial charge is 0.339 e. The average Bonchev–Trinajstić information content (AvgIpc) is 2.34. The lowest BCUT2D eigenvalue weighted by Gasteiger charge is -2.20. The molecule has 0 bridgehead atoms. The van der Waals surface area contributed by atoms with Crippen molar-refractivity contribution in [1.82, 2.24) is 10.1 Å². The highest BCUT2D eigenvalue weighted by Gasteiger charge is 2.24. The van der Waals surface area contributed by atoms with E-state index in [1.54, 1.807) is 0 Å². The fourth-order valence-corrected chi connectivity index (χ4v) is 1.33. The number of aromatic nitrogens is 2. The standard InChI is InChI=1S/C8H13N3O/c9-5-4-7-10-8(11-12-7)6-2-1-3-6/h6H,1-5,9H2. The predicted octanol–water partition coefficient (Wildman–Crippen LogP) is 0.838. The first kappa shape index (κ1) is 7.73. The van der Waals surface area contributed by atoms with Gasteiger partial charge in [0.25, 0.3) is 0 Å². The molecule has 1 saturated carbocycles. The molecule has 2 N–H and O–H groups in total. The van der Waals surface area contributed by atoms with E-state index < -0.39 is 0 Å². The first-order valence-electron chi connectivity index (χ1n) is 4.42. The Morgan fingerprint density at radius 2 is 2.33 bits per heavy atom. The molecule has 4 nitrogen and oxygen atoms in total. The summed E-state index contributed by atoms with van der Waals surface area (Å²) in [5.41, 5.74) is 5.36. The molecule has 1 aliphatic rings. The normalized spacial score (nSPS) is 17.8. The second kappa shape index (κ2) is 3.23. The van der Waals surface area contributed by atoms with Gasteiger partial charge >= 0.3 is 0 Å². The van der Waals surface area contributed by atoms with Crippen LogP contribution in [0.15, 0.2) is 4.52 Å². The van der Waals surface area contributed by atoms with Crippen LogP contribution < -0.4 is 5.73 Å². The third-order valence-electron chi connectivity index (χ3n) is 2.31. The second-order valence-electron chi connectivity index (χ2n) is 3.21. The predicted molar refractivity (Wildman–Crippen MR) is 43.6 cm³/mol. The van der Waals surface area contributed by atoms with Crippen molar-refractivity contribution in [2.45, 2.75) is 31.6 Å². The molecular weight excluding hydrogens is 154 g/mol. The van der Waals surface area contributed by atoms with E-state index in [9.17, 15) is 0 Å². The van der Waals surface area contributed by atoms with Gasteiger partial charge in [-0.3, -0.25) is 0 Å². The summed E-state index contributed by atoms with van der Waals surface area (Å²) < 4.78 is 5.02. The number of hydrogen-bond donors (Lipinski definition) is 1. The lowest BCUT2D eigenvalue weighted by molar-refractivity contribution is 0.348. The van der Waals surface area contributed by atoms with E-state index in [2.05, 4.69) is 10.1 Å². The minimum atomic E-state index is 0.556. The molecule has 1 aromatic heterocycles. The van der Waals surface area contributed by atoms with Crippen molar-refractivity contribution >= 4 is 0 Å². The van der Waals surface area contributed by atoms with Crippen LogP contribution in [-0.2, 0) is 6.42 Å². The van der Waals surface area contributed by atoms with Gasteiger partial charge in [-0.05, 0) is 12.8 Å². The van der Waals surface area contributed by atoms with Crippen molar-refractivity contribution in [2.24, 2.45) is 5.73 Å². The molecule has 4 heteroatoms. The summed E-state index contributed by atoms with van der Waals surface area (Å²) in [6.07, 6.45) is 4.41. The van der Waals surface area contributed by atoms with Crippen molar-refractivity contribution in [3.63, 3.8) is 0 Å². The Morgan fingerprint density at radius 3 is 2.92 bits per heavy atom. The molecule has 66 valence electrons. The Labute approximate surface area is 71.1 Å². The molecule has 0 unspecified atom stereocenters. The molecule has 0 radical (unpaired) electrons. The summed E-state index contributed by atoms with van der Waals surface area (Å²) in [6, 6.07) is 0. The van der Waals surface area contributed by atoms with Gasteiger partial charge in [-0.25, -0.2) is 0 Å². The quantitative estimate of drug-likeness (QED) is 0.724. The van der Waals surface area contributed by atoms with E-state index in [0.717, 1.165) is 5.82 Å². The first-order valence-corrected chi connectivity index (χ1v) is 4.42. The maximum absolute atomic E-state index is 5.36. The van der Waals surface area contributed by atoms with E-state index >= 15 is 0 Å². The first-order chi connectivity index (χ1) is 5.90. The monoisotopic (exact) mass is 167 g/mol. The third-order valence-corrected chi connectivity index (χ3v) is 2.31. The van der Waals surface area contributed by atoms with Crippen LogP contribution in [0.2, 0.25) is 0 Å². The summed E-state index contributed by atoms with van der Waals surface area (Å²) in [5.74, 6) is 2.12. The van der Waals surface area contributed by atoms with Crippen molar-refractivity contribution < 1.29 is 4.52 Å². The molecule has 0 spiro atoms. The molecule has 0 amide bonds. The van der Waals surface area contributed by atoms with Crippen LogP contribution in [0.3, 0.4) is 0 Å². The molecule has 0 aliphatic heterocycles. The Morgan fingerprint density at radius 1 is 1.50 bits per heavy atom. The van der Waals surface area contributed by atoms with Gasteiger partial charge in [0.05, 0.1) is 0 Å². The van der Waals surface area contributed by atoms with Crippen LogP contribution in [0.25, 0.3) is 0 Å². The van der Waals surface area contributed by atoms with Crippen molar-refractivity contribution in [3.05, 3.63) is 11.7 Å². The molecule has 1 aliphatic carbocycles. The Bertz CT molecular complexity index is 255. The van der Waals surface area contributed by atoms with Gasteiger partial charge in [-0.2, -0.15) is 4.98 Å². The van der Waals surface area contributed by atoms with Crippen LogP contribution in [0.4, 0.5) is 0 Å². The van der Waals surface area contributed by atoms with E-state index in [0.29, 0.717) is 24.8 Å². The highest BCUT2D eigenvalue weighted by atomic mass is 16.5. The molecule has 0 saturated heterocycles. The van der Waals surface area contributed by atoms with Crippen molar-refractivity contribution in [2.75, 3.05) is 6.54 Å². The van der Waals surface area contributed by atoms with Gasteiger partial charge in [0.1, 0.15) is 0 Å². The highest BCUT2D eigenvalue weighted by molar-refractivity contribution is 4.99. The van der Waals surface area contributed by atoms with Gasteiger partial charge < -0.3 is 10.3 Å². The van der Waals surface area contributed by atoms with E-state index in [4.69, 9.17) is 10.3 Å². The van der Waals surface area contributed by atoms with E-state index in [1.807, 2.05) is 0 Å². The second-order valence-corrected chi connectivity index (χ2v) is 3.21. The van der Waals surface area contributed by atoms with Crippen LogP contribution in [-0.4, -0.2) is 16.7 Å². The van der Waals surface area contributed by atoms with Crippen molar-refractivity contribution in [3.8, 4) is 0 Å². The average molecular weight is 167 g/mol. The topological polar surface area (TPSA) is 64.9 Å². The minimum absolute atomic E-state index is 0.556. The lowest BCUT2D eigenvalue weighted by atomic mass is 9.85. The molecule has 2 rings (SSSR count). The van der Waals surface area contributed by atoms with Crippen LogP contribution in [0.1, 0.15) is 36.9 Å². The zero-order valence-electron chi connectivity index (χ0n) is 6.99. The van der Waals surface area contributed by atoms with Gasteiger partial charge in [-0.1, -0.05) is 11.6 Å². The van der Waals surface area contributed by atoms with E-state index in [-0.39, 0.29) is 0 Å². The molecule has 1 heterocycles. The maximum Gasteiger partial charge on any atom is 0.227 e. The van der Waals surface area contributed by atoms with Gasteiger partial charge in [0.2, 0.25) is 5.89 Å². The minimum Gasteiger partial charge on any atom is -0.339 e. The molecule has 12 heavy (non-hydrogen) atoms. The van der Waals surface area contributed by atoms with Gasteiger partial charge in [0.15, 0.2) is 5.82 Å². The summed E-state index contributed by atoms with van der Waals surface area (Å²) in [6.45, 7) is 0.576. The molecular formula is C8H13N3O.